The fourth-order valence-electron chi connectivity index (χ4n) is 2.59. The molecule has 0 spiro atoms. The van der Waals surface area contributed by atoms with Crippen LogP contribution in [0.1, 0.15) is 37.0 Å². The van der Waals surface area contributed by atoms with Gasteiger partial charge in [0.15, 0.2) is 0 Å². The lowest BCUT2D eigenvalue weighted by Crippen LogP contribution is -2.27. The number of benzene rings is 1. The first kappa shape index (κ1) is 14.8. The number of carboxylic acid groups (broad SMARTS) is 1. The summed E-state index contributed by atoms with van der Waals surface area (Å²) in [5.74, 6) is 0.0147. The van der Waals surface area contributed by atoms with Crippen LogP contribution in [-0.4, -0.2) is 30.3 Å². The zero-order chi connectivity index (χ0) is 14.5. The average Bonchev–Trinajstić information content (AvgIpc) is 2.72. The lowest BCUT2D eigenvalue weighted by atomic mass is 10.1. The maximum absolute atomic E-state index is 10.5. The van der Waals surface area contributed by atoms with Crippen LogP contribution in [-0.2, 0) is 16.0 Å². The monoisotopic (exact) mass is 279 g/mol. The normalized spacial score (nSPS) is 20.7. The van der Waals surface area contributed by atoms with Crippen molar-refractivity contribution in [2.75, 3.05) is 13.2 Å². The van der Waals surface area contributed by atoms with E-state index in [2.05, 4.69) is 0 Å². The van der Waals surface area contributed by atoms with Gasteiger partial charge in [-0.05, 0) is 31.4 Å². The van der Waals surface area contributed by atoms with E-state index in [9.17, 15) is 4.79 Å². The molecule has 5 heteroatoms. The van der Waals surface area contributed by atoms with E-state index >= 15 is 0 Å². The molecule has 1 aromatic carbocycles. The Kier molecular flexibility index (Phi) is 4.98. The molecule has 1 aliphatic carbocycles. The highest BCUT2D eigenvalue weighted by molar-refractivity contribution is 5.66. The van der Waals surface area contributed by atoms with E-state index in [-0.39, 0.29) is 18.6 Å². The van der Waals surface area contributed by atoms with E-state index in [1.807, 2.05) is 25.1 Å². The Morgan fingerprint density at radius 3 is 3.00 bits per heavy atom. The van der Waals surface area contributed by atoms with Gasteiger partial charge >= 0.3 is 5.97 Å². The van der Waals surface area contributed by atoms with Crippen LogP contribution in [0.4, 0.5) is 0 Å². The summed E-state index contributed by atoms with van der Waals surface area (Å²) in [5.41, 5.74) is 8.32. The molecule has 0 saturated carbocycles. The number of nitrogens with two attached hydrogens (primary N) is 1. The number of carbonyl (C=O) groups is 1. The van der Waals surface area contributed by atoms with Gasteiger partial charge in [0, 0.05) is 24.6 Å². The van der Waals surface area contributed by atoms with E-state index in [4.69, 9.17) is 20.3 Å². The zero-order valence-electron chi connectivity index (χ0n) is 11.7. The van der Waals surface area contributed by atoms with E-state index in [1.165, 1.54) is 0 Å². The first-order valence-corrected chi connectivity index (χ1v) is 6.97. The largest absolute Gasteiger partial charge is 0.493 e. The summed E-state index contributed by atoms with van der Waals surface area (Å²) in [4.78, 5) is 10.5. The highest BCUT2D eigenvalue weighted by Gasteiger charge is 2.33. The van der Waals surface area contributed by atoms with Crippen LogP contribution < -0.4 is 10.5 Å². The van der Waals surface area contributed by atoms with Gasteiger partial charge < -0.3 is 20.3 Å². The summed E-state index contributed by atoms with van der Waals surface area (Å²) in [7, 11) is 0. The molecule has 0 aliphatic heterocycles. The summed E-state index contributed by atoms with van der Waals surface area (Å²) in [5, 5.41) is 8.63. The quantitative estimate of drug-likeness (QED) is 0.745. The molecule has 1 aromatic rings. The molecule has 5 nitrogen and oxygen atoms in total. The minimum Gasteiger partial charge on any atom is -0.493 e. The Labute approximate surface area is 118 Å². The number of hydrogen-bond acceptors (Lipinski definition) is 4. The predicted molar refractivity (Wildman–Crippen MR) is 74.9 cm³/mol. The van der Waals surface area contributed by atoms with Gasteiger partial charge in [-0.1, -0.05) is 12.1 Å². The van der Waals surface area contributed by atoms with Crippen molar-refractivity contribution in [1.29, 1.82) is 0 Å². The number of rotatable bonds is 7. The van der Waals surface area contributed by atoms with Crippen molar-refractivity contribution in [3.05, 3.63) is 29.3 Å². The fourth-order valence-corrected chi connectivity index (χ4v) is 2.59. The summed E-state index contributed by atoms with van der Waals surface area (Å²) in [6.45, 7) is 2.93. The molecule has 3 N–H and O–H groups in total. The molecule has 0 bridgehead atoms. The number of carboxylic acids is 1. The Morgan fingerprint density at radius 1 is 1.50 bits per heavy atom. The van der Waals surface area contributed by atoms with E-state index in [0.29, 0.717) is 19.6 Å². The summed E-state index contributed by atoms with van der Waals surface area (Å²) < 4.78 is 11.5. The van der Waals surface area contributed by atoms with Gasteiger partial charge in [-0.2, -0.15) is 0 Å². The van der Waals surface area contributed by atoms with Crippen molar-refractivity contribution in [2.45, 2.75) is 38.3 Å². The van der Waals surface area contributed by atoms with Gasteiger partial charge in [-0.15, -0.1) is 0 Å². The second kappa shape index (κ2) is 6.72. The standard InChI is InChI=1S/C15H21NO4/c1-2-19-12-6-3-5-10-9-11(16)15(14(10)12)20-8-4-7-13(17)18/h3,5-6,11,15H,2,4,7-9,16H2,1H3,(H,17,18). The maximum atomic E-state index is 10.5. The first-order chi connectivity index (χ1) is 9.63. The summed E-state index contributed by atoms with van der Waals surface area (Å²) in [6.07, 6.45) is 1.16. The Morgan fingerprint density at radius 2 is 2.30 bits per heavy atom. The average molecular weight is 279 g/mol. The molecule has 2 atom stereocenters. The highest BCUT2D eigenvalue weighted by atomic mass is 16.5. The maximum Gasteiger partial charge on any atom is 0.303 e. The minimum absolute atomic E-state index is 0.101. The van der Waals surface area contributed by atoms with Crippen molar-refractivity contribution in [1.82, 2.24) is 0 Å². The van der Waals surface area contributed by atoms with Gasteiger partial charge in [-0.3, -0.25) is 4.79 Å². The van der Waals surface area contributed by atoms with Crippen molar-refractivity contribution in [3.8, 4) is 5.75 Å². The van der Waals surface area contributed by atoms with Crippen LogP contribution in [0.3, 0.4) is 0 Å². The smallest absolute Gasteiger partial charge is 0.303 e. The van der Waals surface area contributed by atoms with Crippen molar-refractivity contribution < 1.29 is 19.4 Å². The Hall–Kier alpha value is -1.59. The van der Waals surface area contributed by atoms with E-state index in [1.54, 1.807) is 0 Å². The molecular weight excluding hydrogens is 258 g/mol. The summed E-state index contributed by atoms with van der Waals surface area (Å²) in [6, 6.07) is 5.83. The van der Waals surface area contributed by atoms with Gasteiger partial charge in [-0.25, -0.2) is 0 Å². The molecule has 0 radical (unpaired) electrons. The van der Waals surface area contributed by atoms with Gasteiger partial charge in [0.1, 0.15) is 11.9 Å². The van der Waals surface area contributed by atoms with Crippen molar-refractivity contribution >= 4 is 5.97 Å². The molecule has 0 heterocycles. The van der Waals surface area contributed by atoms with Crippen LogP contribution >= 0.6 is 0 Å². The zero-order valence-corrected chi connectivity index (χ0v) is 11.7. The molecular formula is C15H21NO4. The molecule has 0 amide bonds. The van der Waals surface area contributed by atoms with Crippen LogP contribution in [0.15, 0.2) is 18.2 Å². The first-order valence-electron chi connectivity index (χ1n) is 6.97. The van der Waals surface area contributed by atoms with Crippen LogP contribution in [0, 0.1) is 0 Å². The van der Waals surface area contributed by atoms with Gasteiger partial charge in [0.2, 0.25) is 0 Å². The van der Waals surface area contributed by atoms with Crippen LogP contribution in [0.2, 0.25) is 0 Å². The third kappa shape index (κ3) is 3.29. The number of hydrogen-bond donors (Lipinski definition) is 2. The van der Waals surface area contributed by atoms with E-state index in [0.717, 1.165) is 23.3 Å². The summed E-state index contributed by atoms with van der Waals surface area (Å²) >= 11 is 0. The lowest BCUT2D eigenvalue weighted by molar-refractivity contribution is -0.137. The molecule has 0 fully saturated rings. The topological polar surface area (TPSA) is 81.8 Å². The van der Waals surface area contributed by atoms with Gasteiger partial charge in [0.05, 0.1) is 6.61 Å². The van der Waals surface area contributed by atoms with E-state index < -0.39 is 5.97 Å². The molecule has 20 heavy (non-hydrogen) atoms. The molecule has 2 rings (SSSR count). The number of fused-ring (bicyclic) bond motifs is 1. The third-order valence-electron chi connectivity index (χ3n) is 3.42. The van der Waals surface area contributed by atoms with Crippen molar-refractivity contribution in [3.63, 3.8) is 0 Å². The lowest BCUT2D eigenvalue weighted by Gasteiger charge is -2.20. The predicted octanol–water partition coefficient (Wildman–Crippen LogP) is 1.89. The molecule has 1 aliphatic rings. The third-order valence-corrected chi connectivity index (χ3v) is 3.42. The fraction of sp³-hybridized carbons (Fsp3) is 0.533. The second-order valence-electron chi connectivity index (χ2n) is 4.92. The minimum atomic E-state index is -0.806. The van der Waals surface area contributed by atoms with Crippen LogP contribution in [0.5, 0.6) is 5.75 Å². The number of aliphatic carboxylic acids is 1. The molecule has 0 aromatic heterocycles. The molecule has 0 saturated heterocycles. The van der Waals surface area contributed by atoms with Crippen molar-refractivity contribution in [2.24, 2.45) is 5.73 Å². The number of ether oxygens (including phenoxy) is 2. The molecule has 2 unspecified atom stereocenters. The van der Waals surface area contributed by atoms with Crippen LogP contribution in [0.25, 0.3) is 0 Å². The highest BCUT2D eigenvalue weighted by Crippen LogP contribution is 2.39. The molecule has 110 valence electrons. The second-order valence-corrected chi connectivity index (χ2v) is 4.92. The Balaban J connectivity index is 2.06. The van der Waals surface area contributed by atoms with Gasteiger partial charge in [0.25, 0.3) is 0 Å². The Bertz CT molecular complexity index is 475. The SMILES string of the molecule is CCOc1cccc2c1C(OCCCC(=O)O)C(N)C2.